The van der Waals surface area contributed by atoms with E-state index in [1.54, 1.807) is 0 Å². The molecule has 5 nitrogen and oxygen atoms in total. The summed E-state index contributed by atoms with van der Waals surface area (Å²) in [5, 5.41) is 11.9. The molecule has 1 heterocycles. The number of anilines is 2. The molecular formula is C21H9F7IN3O2. The molecule has 0 saturated heterocycles. The summed E-state index contributed by atoms with van der Waals surface area (Å²) in [5.41, 5.74) is -4.11. The van der Waals surface area contributed by atoms with E-state index in [0.717, 1.165) is 23.7 Å². The minimum absolute atomic E-state index is 0.280. The first-order chi connectivity index (χ1) is 15.9. The second-order valence-electron chi connectivity index (χ2n) is 6.97. The quantitative estimate of drug-likeness (QED) is 0.127. The Balaban J connectivity index is 2.00. The number of fused-ring (bicyclic) bond motifs is 1. The van der Waals surface area contributed by atoms with Crippen molar-refractivity contribution in [3.05, 3.63) is 74.1 Å². The maximum Gasteiger partial charge on any atom is 0.338 e. The highest BCUT2D eigenvalue weighted by Gasteiger charge is 2.31. The van der Waals surface area contributed by atoms with Crippen molar-refractivity contribution in [2.45, 2.75) is 0 Å². The van der Waals surface area contributed by atoms with Gasteiger partial charge in [-0.3, -0.25) is 0 Å². The number of aromatic carboxylic acids is 1. The molecule has 1 aromatic heterocycles. The van der Waals surface area contributed by atoms with Gasteiger partial charge in [0.2, 0.25) is 5.82 Å². The fourth-order valence-electron chi connectivity index (χ4n) is 3.32. The number of nitrogens with zero attached hydrogens (tertiary/aromatic N) is 2. The zero-order chi connectivity index (χ0) is 25.1. The SMILES string of the molecule is Cn1c(-c2c(F)c(F)c(F)c(F)c2F)nc2c(F)c(Nc3ccc(I)cc3F)c(C(=O)O)cc21. The maximum atomic E-state index is 15.4. The summed E-state index contributed by atoms with van der Waals surface area (Å²) in [7, 11) is 1.07. The molecule has 0 bridgehead atoms. The third kappa shape index (κ3) is 3.63. The highest BCUT2D eigenvalue weighted by atomic mass is 127. The van der Waals surface area contributed by atoms with Crippen LogP contribution in [0.25, 0.3) is 22.4 Å². The number of hydrogen-bond acceptors (Lipinski definition) is 3. The van der Waals surface area contributed by atoms with E-state index in [-0.39, 0.29) is 11.2 Å². The zero-order valence-corrected chi connectivity index (χ0v) is 18.7. The summed E-state index contributed by atoms with van der Waals surface area (Å²) in [6.45, 7) is 0. The Labute approximate surface area is 199 Å². The van der Waals surface area contributed by atoms with Crippen molar-refractivity contribution in [3.8, 4) is 11.4 Å². The largest absolute Gasteiger partial charge is 0.478 e. The number of hydrogen-bond donors (Lipinski definition) is 2. The van der Waals surface area contributed by atoms with E-state index >= 15 is 4.39 Å². The molecule has 3 aromatic carbocycles. The van der Waals surface area contributed by atoms with Crippen LogP contribution in [0.15, 0.2) is 24.3 Å². The van der Waals surface area contributed by atoms with Crippen LogP contribution in [0.4, 0.5) is 42.1 Å². The van der Waals surface area contributed by atoms with Gasteiger partial charge in [-0.15, -0.1) is 0 Å². The number of carboxylic acids is 1. The van der Waals surface area contributed by atoms with Crippen molar-refractivity contribution in [1.82, 2.24) is 9.55 Å². The molecule has 0 saturated carbocycles. The molecule has 176 valence electrons. The van der Waals surface area contributed by atoms with Crippen molar-refractivity contribution in [2.24, 2.45) is 7.05 Å². The molecule has 0 aliphatic heterocycles. The number of carbonyl (C=O) groups is 1. The van der Waals surface area contributed by atoms with Crippen LogP contribution in [-0.2, 0) is 7.05 Å². The van der Waals surface area contributed by atoms with Gasteiger partial charge in [-0.1, -0.05) is 0 Å². The van der Waals surface area contributed by atoms with Gasteiger partial charge in [0.25, 0.3) is 0 Å². The smallest absolute Gasteiger partial charge is 0.338 e. The molecule has 13 heteroatoms. The second-order valence-corrected chi connectivity index (χ2v) is 8.22. The van der Waals surface area contributed by atoms with Crippen molar-refractivity contribution < 1.29 is 40.6 Å². The van der Waals surface area contributed by atoms with E-state index < -0.39 is 74.8 Å². The fourth-order valence-corrected chi connectivity index (χ4v) is 3.78. The van der Waals surface area contributed by atoms with Crippen LogP contribution in [0, 0.1) is 44.3 Å². The first-order valence-corrected chi connectivity index (χ1v) is 10.2. The predicted molar refractivity (Wildman–Crippen MR) is 115 cm³/mol. The summed E-state index contributed by atoms with van der Waals surface area (Å²) < 4.78 is 100. The number of imidazole rings is 1. The zero-order valence-electron chi connectivity index (χ0n) is 16.6. The summed E-state index contributed by atoms with van der Waals surface area (Å²) in [6.07, 6.45) is 0. The van der Waals surface area contributed by atoms with Gasteiger partial charge in [-0.05, 0) is 46.9 Å². The lowest BCUT2D eigenvalue weighted by atomic mass is 10.1. The van der Waals surface area contributed by atoms with Crippen molar-refractivity contribution in [3.63, 3.8) is 0 Å². The van der Waals surface area contributed by atoms with Gasteiger partial charge < -0.3 is 15.0 Å². The average molecular weight is 595 g/mol. The Kier molecular flexibility index (Phi) is 5.91. The van der Waals surface area contributed by atoms with Crippen LogP contribution in [0.1, 0.15) is 10.4 Å². The van der Waals surface area contributed by atoms with Crippen LogP contribution in [0.3, 0.4) is 0 Å². The summed E-state index contributed by atoms with van der Waals surface area (Å²) in [4.78, 5) is 15.5. The second kappa shape index (κ2) is 8.45. The van der Waals surface area contributed by atoms with Crippen molar-refractivity contribution in [2.75, 3.05) is 5.32 Å². The minimum atomic E-state index is -2.39. The molecule has 0 fully saturated rings. The highest BCUT2D eigenvalue weighted by Crippen LogP contribution is 2.37. The molecule has 0 atom stereocenters. The van der Waals surface area contributed by atoms with Gasteiger partial charge in [-0.2, -0.15) is 0 Å². The van der Waals surface area contributed by atoms with Gasteiger partial charge in [0.15, 0.2) is 29.1 Å². The predicted octanol–water partition coefficient (Wildman–Crippen LogP) is 6.26. The van der Waals surface area contributed by atoms with Crippen LogP contribution >= 0.6 is 22.6 Å². The fraction of sp³-hybridized carbons (Fsp3) is 0.0476. The van der Waals surface area contributed by atoms with Gasteiger partial charge in [0, 0.05) is 10.6 Å². The standard InChI is InChI=1S/C21H9F7IN3O2/c1-32-10-5-7(21(33)34)18(30-9-3-2-6(29)4-8(9)22)17(28)19(10)31-20(32)11-12(23)14(25)16(27)15(26)13(11)24/h2-5,30H,1H3,(H,33,34). The Hall–Kier alpha value is -3.36. The van der Waals surface area contributed by atoms with Gasteiger partial charge >= 0.3 is 5.97 Å². The minimum Gasteiger partial charge on any atom is -0.478 e. The lowest BCUT2D eigenvalue weighted by Gasteiger charge is -2.13. The van der Waals surface area contributed by atoms with E-state index in [4.69, 9.17) is 0 Å². The maximum absolute atomic E-state index is 15.4. The Morgan fingerprint density at radius 3 is 2.09 bits per heavy atom. The molecular weight excluding hydrogens is 586 g/mol. The van der Waals surface area contributed by atoms with Crippen LogP contribution in [0.2, 0.25) is 0 Å². The van der Waals surface area contributed by atoms with Crippen LogP contribution in [-0.4, -0.2) is 20.6 Å². The Morgan fingerprint density at radius 2 is 1.53 bits per heavy atom. The van der Waals surface area contributed by atoms with Gasteiger partial charge in [-0.25, -0.2) is 40.5 Å². The first-order valence-electron chi connectivity index (χ1n) is 9.10. The van der Waals surface area contributed by atoms with Crippen LogP contribution in [0.5, 0.6) is 0 Å². The third-order valence-corrected chi connectivity index (χ3v) is 5.64. The molecule has 0 aliphatic carbocycles. The van der Waals surface area contributed by atoms with E-state index in [0.29, 0.717) is 3.57 Å². The Morgan fingerprint density at radius 1 is 0.941 bits per heavy atom. The van der Waals surface area contributed by atoms with Crippen molar-refractivity contribution >= 4 is 51.0 Å². The highest BCUT2D eigenvalue weighted by molar-refractivity contribution is 14.1. The van der Waals surface area contributed by atoms with E-state index in [2.05, 4.69) is 10.3 Å². The number of rotatable bonds is 4. The topological polar surface area (TPSA) is 67.2 Å². The molecule has 0 unspecified atom stereocenters. The lowest BCUT2D eigenvalue weighted by Crippen LogP contribution is -2.07. The Bertz CT molecular complexity index is 1490. The van der Waals surface area contributed by atoms with Crippen LogP contribution < -0.4 is 5.32 Å². The number of aryl methyl sites for hydroxylation is 1. The van der Waals surface area contributed by atoms with E-state index in [1.807, 2.05) is 22.6 Å². The molecule has 0 spiro atoms. The molecule has 0 amide bonds. The monoisotopic (exact) mass is 595 g/mol. The van der Waals surface area contributed by atoms with E-state index in [9.17, 15) is 36.2 Å². The number of benzene rings is 3. The average Bonchev–Trinajstić information content (AvgIpc) is 3.10. The van der Waals surface area contributed by atoms with Gasteiger partial charge in [0.1, 0.15) is 17.2 Å². The summed E-state index contributed by atoms with van der Waals surface area (Å²) >= 11 is 1.83. The molecule has 0 aliphatic rings. The normalized spacial score (nSPS) is 11.3. The first kappa shape index (κ1) is 23.8. The summed E-state index contributed by atoms with van der Waals surface area (Å²) in [5.74, 6) is -15.9. The number of aromatic nitrogens is 2. The third-order valence-electron chi connectivity index (χ3n) is 4.97. The number of halogens is 8. The molecule has 34 heavy (non-hydrogen) atoms. The van der Waals surface area contributed by atoms with Crippen molar-refractivity contribution in [1.29, 1.82) is 0 Å². The molecule has 0 radical (unpaired) electrons. The molecule has 2 N–H and O–H groups in total. The summed E-state index contributed by atoms with van der Waals surface area (Å²) in [6, 6.07) is 4.66. The lowest BCUT2D eigenvalue weighted by molar-refractivity contribution is 0.0697. The number of carboxylic acid groups (broad SMARTS) is 1. The van der Waals surface area contributed by atoms with Gasteiger partial charge in [0.05, 0.1) is 28.0 Å². The molecule has 4 rings (SSSR count). The van der Waals surface area contributed by atoms with E-state index in [1.165, 1.54) is 12.1 Å². The molecule has 4 aromatic rings. The number of nitrogens with one attached hydrogen (secondary N) is 1.